The van der Waals surface area contributed by atoms with Gasteiger partial charge in [0, 0.05) is 10.9 Å². The predicted molar refractivity (Wildman–Crippen MR) is 98.0 cm³/mol. The molecule has 0 radical (unpaired) electrons. The Morgan fingerprint density at radius 3 is 2.56 bits per heavy atom. The fourth-order valence-electron chi connectivity index (χ4n) is 2.76. The Kier molecular flexibility index (Phi) is 4.43. The molecule has 0 atom stereocenters. The molecule has 0 unspecified atom stereocenters. The van der Waals surface area contributed by atoms with Gasteiger partial charge in [0.05, 0.1) is 11.1 Å². The van der Waals surface area contributed by atoms with Gasteiger partial charge >= 0.3 is 0 Å². The Labute approximate surface area is 144 Å². The molecule has 0 aliphatic carbocycles. The van der Waals surface area contributed by atoms with Crippen molar-refractivity contribution in [2.75, 3.05) is 0 Å². The molecule has 1 amide bonds. The molecular formula is C19H18N4O2. The Morgan fingerprint density at radius 2 is 1.84 bits per heavy atom. The van der Waals surface area contributed by atoms with Crippen LogP contribution in [-0.4, -0.2) is 21.8 Å². The zero-order valence-corrected chi connectivity index (χ0v) is 14.3. The highest BCUT2D eigenvalue weighted by atomic mass is 16.2. The molecule has 126 valence electrons. The highest BCUT2D eigenvalue weighted by Crippen LogP contribution is 2.13. The minimum absolute atomic E-state index is 0.132. The minimum Gasteiger partial charge on any atom is -0.267 e. The van der Waals surface area contributed by atoms with E-state index in [1.807, 2.05) is 32.9 Å². The molecule has 2 aromatic carbocycles. The van der Waals surface area contributed by atoms with E-state index >= 15 is 0 Å². The fourth-order valence-corrected chi connectivity index (χ4v) is 2.76. The van der Waals surface area contributed by atoms with Gasteiger partial charge in [0.1, 0.15) is 0 Å². The average Bonchev–Trinajstić information content (AvgIpc) is 2.60. The first kappa shape index (κ1) is 16.6. The lowest BCUT2D eigenvalue weighted by Gasteiger charge is -2.07. The van der Waals surface area contributed by atoms with Crippen molar-refractivity contribution in [1.29, 1.82) is 0 Å². The molecule has 1 heterocycles. The van der Waals surface area contributed by atoms with Gasteiger partial charge < -0.3 is 0 Å². The SMILES string of the molecule is C/C(=N/NC(=O)c1n[nH]c(=O)c2ccccc12)c1ccc(C)cc1C. The van der Waals surface area contributed by atoms with E-state index in [-0.39, 0.29) is 11.3 Å². The minimum atomic E-state index is -0.475. The van der Waals surface area contributed by atoms with Crippen LogP contribution in [0, 0.1) is 13.8 Å². The fraction of sp³-hybridized carbons (Fsp3) is 0.158. The summed E-state index contributed by atoms with van der Waals surface area (Å²) in [4.78, 5) is 24.2. The van der Waals surface area contributed by atoms with Crippen LogP contribution in [0.2, 0.25) is 0 Å². The number of benzene rings is 2. The summed E-state index contributed by atoms with van der Waals surface area (Å²) in [6.07, 6.45) is 0. The van der Waals surface area contributed by atoms with Crippen molar-refractivity contribution >= 4 is 22.4 Å². The van der Waals surface area contributed by atoms with E-state index in [1.165, 1.54) is 5.56 Å². The van der Waals surface area contributed by atoms with Crippen LogP contribution in [0.3, 0.4) is 0 Å². The normalized spacial score (nSPS) is 11.6. The number of aromatic amines is 1. The highest BCUT2D eigenvalue weighted by Gasteiger charge is 2.13. The maximum absolute atomic E-state index is 12.4. The van der Waals surface area contributed by atoms with E-state index < -0.39 is 5.91 Å². The van der Waals surface area contributed by atoms with Crippen molar-refractivity contribution in [1.82, 2.24) is 15.6 Å². The number of carbonyl (C=O) groups excluding carboxylic acids is 1. The van der Waals surface area contributed by atoms with Crippen LogP contribution in [0.4, 0.5) is 0 Å². The summed E-state index contributed by atoms with van der Waals surface area (Å²) < 4.78 is 0. The van der Waals surface area contributed by atoms with Gasteiger partial charge in [-0.1, -0.05) is 42.0 Å². The number of nitrogens with zero attached hydrogens (tertiary/aromatic N) is 2. The first-order valence-electron chi connectivity index (χ1n) is 7.87. The van der Waals surface area contributed by atoms with Gasteiger partial charge in [-0.25, -0.2) is 10.5 Å². The van der Waals surface area contributed by atoms with Crippen molar-refractivity contribution in [3.05, 3.63) is 75.2 Å². The van der Waals surface area contributed by atoms with Gasteiger partial charge in [-0.2, -0.15) is 10.2 Å². The molecule has 2 N–H and O–H groups in total. The van der Waals surface area contributed by atoms with Crippen LogP contribution >= 0.6 is 0 Å². The summed E-state index contributed by atoms with van der Waals surface area (Å²) in [6.45, 7) is 5.86. The monoisotopic (exact) mass is 334 g/mol. The number of hydrogen-bond acceptors (Lipinski definition) is 4. The zero-order chi connectivity index (χ0) is 18.0. The summed E-state index contributed by atoms with van der Waals surface area (Å²) in [5, 5.41) is 11.3. The quantitative estimate of drug-likeness (QED) is 0.570. The second kappa shape index (κ2) is 6.68. The number of H-pyrrole nitrogens is 1. The van der Waals surface area contributed by atoms with E-state index in [2.05, 4.69) is 26.8 Å². The Morgan fingerprint density at radius 1 is 1.12 bits per heavy atom. The second-order valence-electron chi connectivity index (χ2n) is 5.90. The van der Waals surface area contributed by atoms with Crippen molar-refractivity contribution in [2.24, 2.45) is 5.10 Å². The molecule has 0 fully saturated rings. The van der Waals surface area contributed by atoms with Gasteiger partial charge in [0.25, 0.3) is 11.5 Å². The van der Waals surface area contributed by atoms with Crippen LogP contribution in [0.1, 0.15) is 34.1 Å². The summed E-state index contributed by atoms with van der Waals surface area (Å²) >= 11 is 0. The van der Waals surface area contributed by atoms with Gasteiger partial charge in [-0.05, 0) is 32.4 Å². The number of rotatable bonds is 3. The van der Waals surface area contributed by atoms with E-state index in [9.17, 15) is 9.59 Å². The predicted octanol–water partition coefficient (Wildman–Crippen LogP) is 2.69. The summed E-state index contributed by atoms with van der Waals surface area (Å²) in [5.74, 6) is -0.475. The van der Waals surface area contributed by atoms with Crippen molar-refractivity contribution in [3.8, 4) is 0 Å². The first-order valence-corrected chi connectivity index (χ1v) is 7.87. The molecule has 25 heavy (non-hydrogen) atoms. The van der Waals surface area contributed by atoms with E-state index in [0.717, 1.165) is 11.1 Å². The molecule has 0 saturated carbocycles. The third-order valence-corrected chi connectivity index (χ3v) is 4.01. The van der Waals surface area contributed by atoms with Crippen LogP contribution in [-0.2, 0) is 0 Å². The molecular weight excluding hydrogens is 316 g/mol. The number of hydrogen-bond donors (Lipinski definition) is 2. The second-order valence-corrected chi connectivity index (χ2v) is 5.90. The molecule has 0 bridgehead atoms. The van der Waals surface area contributed by atoms with Crippen LogP contribution < -0.4 is 11.0 Å². The van der Waals surface area contributed by atoms with Crippen molar-refractivity contribution in [2.45, 2.75) is 20.8 Å². The van der Waals surface area contributed by atoms with Crippen molar-refractivity contribution in [3.63, 3.8) is 0 Å². The molecule has 1 aromatic heterocycles. The Bertz CT molecular complexity index is 1050. The lowest BCUT2D eigenvalue weighted by atomic mass is 10.0. The van der Waals surface area contributed by atoms with Crippen LogP contribution in [0.5, 0.6) is 0 Å². The summed E-state index contributed by atoms with van der Waals surface area (Å²) in [6, 6.07) is 12.9. The van der Waals surface area contributed by atoms with Gasteiger partial charge in [-0.3, -0.25) is 9.59 Å². The molecule has 0 aliphatic rings. The lowest BCUT2D eigenvalue weighted by Crippen LogP contribution is -2.23. The number of aromatic nitrogens is 2. The van der Waals surface area contributed by atoms with Gasteiger partial charge in [0.15, 0.2) is 5.69 Å². The summed E-state index contributed by atoms with van der Waals surface area (Å²) in [7, 11) is 0. The summed E-state index contributed by atoms with van der Waals surface area (Å²) in [5.41, 5.74) is 6.23. The van der Waals surface area contributed by atoms with Crippen LogP contribution in [0.25, 0.3) is 10.8 Å². The van der Waals surface area contributed by atoms with Gasteiger partial charge in [0.2, 0.25) is 0 Å². The molecule has 6 nitrogen and oxygen atoms in total. The number of amides is 1. The average molecular weight is 334 g/mol. The number of aryl methyl sites for hydroxylation is 2. The maximum Gasteiger partial charge on any atom is 0.292 e. The topological polar surface area (TPSA) is 87.2 Å². The lowest BCUT2D eigenvalue weighted by molar-refractivity contribution is 0.0950. The number of hydrazone groups is 1. The van der Waals surface area contributed by atoms with Crippen LogP contribution in [0.15, 0.2) is 52.4 Å². The third-order valence-electron chi connectivity index (χ3n) is 4.01. The number of fused-ring (bicyclic) bond motifs is 1. The Hall–Kier alpha value is -3.28. The Balaban J connectivity index is 1.90. The molecule has 0 spiro atoms. The first-order chi connectivity index (χ1) is 12.0. The molecule has 0 saturated heterocycles. The van der Waals surface area contributed by atoms with E-state index in [1.54, 1.807) is 24.3 Å². The molecule has 3 aromatic rings. The smallest absolute Gasteiger partial charge is 0.267 e. The highest BCUT2D eigenvalue weighted by molar-refractivity contribution is 6.06. The number of nitrogens with one attached hydrogen (secondary N) is 2. The molecule has 6 heteroatoms. The van der Waals surface area contributed by atoms with Crippen molar-refractivity contribution < 1.29 is 4.79 Å². The van der Waals surface area contributed by atoms with Gasteiger partial charge in [-0.15, -0.1) is 0 Å². The maximum atomic E-state index is 12.4. The zero-order valence-electron chi connectivity index (χ0n) is 14.3. The largest absolute Gasteiger partial charge is 0.292 e. The van der Waals surface area contributed by atoms with E-state index in [4.69, 9.17) is 0 Å². The third kappa shape index (κ3) is 3.33. The number of carbonyl (C=O) groups is 1. The standard InChI is InChI=1S/C19H18N4O2/c1-11-8-9-14(12(2)10-11)13(3)20-23-19(25)17-15-6-4-5-7-16(15)18(24)22-21-17/h4-10H,1-3H3,(H,22,24)(H,23,25)/b20-13-. The molecule has 0 aliphatic heterocycles. The molecule has 3 rings (SSSR count). The van der Waals surface area contributed by atoms with E-state index in [0.29, 0.717) is 16.5 Å².